The Morgan fingerprint density at radius 1 is 1.37 bits per heavy atom. The highest BCUT2D eigenvalue weighted by Gasteiger charge is 2.18. The van der Waals surface area contributed by atoms with Crippen molar-refractivity contribution in [3.8, 4) is 5.19 Å². The van der Waals surface area contributed by atoms with Crippen LogP contribution in [-0.2, 0) is 17.0 Å². The summed E-state index contributed by atoms with van der Waals surface area (Å²) in [5.41, 5.74) is 1.27. The Labute approximate surface area is 115 Å². The molecule has 106 valence electrons. The molecular weight excluding hydrogens is 293 g/mol. The Morgan fingerprint density at radius 3 is 2.47 bits per heavy atom. The molecular formula is C11H14FNO4S2. The quantitative estimate of drug-likeness (QED) is 0.494. The van der Waals surface area contributed by atoms with Gasteiger partial charge in [0.15, 0.2) is 6.54 Å². The van der Waals surface area contributed by atoms with Gasteiger partial charge in [0.05, 0.1) is 6.61 Å². The summed E-state index contributed by atoms with van der Waals surface area (Å²) >= 11 is 1.71. The van der Waals surface area contributed by atoms with Gasteiger partial charge in [-0.2, -0.15) is 0 Å². The van der Waals surface area contributed by atoms with Crippen LogP contribution < -0.4 is 9.30 Å². The monoisotopic (exact) mass is 307 g/mol. The van der Waals surface area contributed by atoms with E-state index in [9.17, 15) is 3.89 Å². The van der Waals surface area contributed by atoms with Gasteiger partial charge in [-0.15, -0.1) is 8.45 Å². The predicted octanol–water partition coefficient (Wildman–Crippen LogP) is 2.02. The van der Waals surface area contributed by atoms with Crippen LogP contribution in [-0.4, -0.2) is 19.6 Å². The third kappa shape index (κ3) is 5.09. The van der Waals surface area contributed by atoms with Crippen LogP contribution in [0.4, 0.5) is 3.89 Å². The largest absolute Gasteiger partial charge is 0.722 e. The van der Waals surface area contributed by atoms with Crippen molar-refractivity contribution in [2.45, 2.75) is 20.4 Å². The summed E-state index contributed by atoms with van der Waals surface area (Å²) in [6, 6.07) is 8.40. The number of thiazole rings is 1. The Morgan fingerprint density at radius 2 is 1.95 bits per heavy atom. The van der Waals surface area contributed by atoms with E-state index in [0.29, 0.717) is 0 Å². The summed E-state index contributed by atoms with van der Waals surface area (Å²) in [6.45, 7) is 5.85. The number of ether oxygens (including phenoxy) is 1. The topological polar surface area (TPSA) is 70.3 Å². The van der Waals surface area contributed by atoms with Crippen molar-refractivity contribution in [2.75, 3.05) is 6.61 Å². The molecule has 2 aromatic rings. The zero-order valence-corrected chi connectivity index (χ0v) is 12.1. The van der Waals surface area contributed by atoms with E-state index >= 15 is 0 Å². The van der Waals surface area contributed by atoms with Crippen molar-refractivity contribution >= 4 is 32.1 Å². The number of fused-ring (bicyclic) bond motifs is 1. The fraction of sp³-hybridized carbons (Fsp3) is 0.364. The predicted molar refractivity (Wildman–Crippen MR) is 69.7 cm³/mol. The van der Waals surface area contributed by atoms with Crippen molar-refractivity contribution in [1.29, 1.82) is 0 Å². The van der Waals surface area contributed by atoms with E-state index in [-0.39, 0.29) is 0 Å². The van der Waals surface area contributed by atoms with E-state index < -0.39 is 10.5 Å². The van der Waals surface area contributed by atoms with Crippen molar-refractivity contribution < 1.29 is 26.2 Å². The van der Waals surface area contributed by atoms with Gasteiger partial charge in [0.2, 0.25) is 5.52 Å². The zero-order valence-electron chi connectivity index (χ0n) is 10.5. The Kier molecular flexibility index (Phi) is 5.64. The van der Waals surface area contributed by atoms with Gasteiger partial charge >= 0.3 is 5.19 Å². The second kappa shape index (κ2) is 6.78. The number of aryl methyl sites for hydroxylation is 1. The molecule has 0 unspecified atom stereocenters. The van der Waals surface area contributed by atoms with Gasteiger partial charge in [0.1, 0.15) is 4.70 Å². The molecule has 1 aromatic carbocycles. The molecule has 0 radical (unpaired) electrons. The first-order chi connectivity index (χ1) is 8.86. The molecule has 8 heteroatoms. The average Bonchev–Trinajstić information content (AvgIpc) is 2.64. The van der Waals surface area contributed by atoms with E-state index in [2.05, 4.69) is 35.8 Å². The summed E-state index contributed by atoms with van der Waals surface area (Å²) in [7, 11) is -5.42. The maximum absolute atomic E-state index is 10.1. The summed E-state index contributed by atoms with van der Waals surface area (Å²) in [6.07, 6.45) is 0. The normalized spacial score (nSPS) is 10.9. The molecule has 2 rings (SSSR count). The van der Waals surface area contributed by atoms with Crippen LogP contribution in [0, 0.1) is 0 Å². The molecule has 19 heavy (non-hydrogen) atoms. The molecule has 0 saturated heterocycles. The smallest absolute Gasteiger partial charge is 0.431 e. The molecule has 0 aliphatic heterocycles. The Bertz CT molecular complexity index is 631. The molecule has 1 aromatic heterocycles. The van der Waals surface area contributed by atoms with Crippen LogP contribution in [0.15, 0.2) is 24.3 Å². The molecule has 0 N–H and O–H groups in total. The van der Waals surface area contributed by atoms with Gasteiger partial charge in [-0.05, 0) is 31.3 Å². The first-order valence-corrected chi connectivity index (χ1v) is 7.69. The zero-order chi connectivity index (χ0) is 14.5. The minimum atomic E-state index is -5.42. The van der Waals surface area contributed by atoms with E-state index in [4.69, 9.17) is 17.7 Å². The molecule has 0 aliphatic rings. The molecule has 0 spiro atoms. The Hall–Kier alpha value is -1.25. The molecule has 0 aliphatic carbocycles. The lowest BCUT2D eigenvalue weighted by Crippen LogP contribution is -2.32. The van der Waals surface area contributed by atoms with E-state index in [0.717, 1.165) is 18.3 Å². The van der Waals surface area contributed by atoms with E-state index in [1.807, 2.05) is 6.92 Å². The number of hydrogen-bond donors (Lipinski definition) is 0. The van der Waals surface area contributed by atoms with Crippen molar-refractivity contribution in [3.63, 3.8) is 0 Å². The summed E-state index contributed by atoms with van der Waals surface area (Å²) in [5, 5.41) is 1.01. The highest BCUT2D eigenvalue weighted by molar-refractivity contribution is 7.80. The molecule has 5 nitrogen and oxygen atoms in total. The molecule has 1 heterocycles. The summed E-state index contributed by atoms with van der Waals surface area (Å²) in [5.74, 6) is 0. The van der Waals surface area contributed by atoms with Gasteiger partial charge < -0.3 is 9.29 Å². The summed E-state index contributed by atoms with van der Waals surface area (Å²) < 4.78 is 44.4. The minimum absolute atomic E-state index is 0.729. The number of benzene rings is 1. The van der Waals surface area contributed by atoms with Crippen LogP contribution in [0.3, 0.4) is 0 Å². The SMILES string of the molecule is CCOc1sc2ccccc2[n+]1CC.O=S(=O)([O-])F. The molecule has 0 saturated carbocycles. The van der Waals surface area contributed by atoms with Gasteiger partial charge in [-0.3, -0.25) is 0 Å². The summed E-state index contributed by atoms with van der Waals surface area (Å²) in [4.78, 5) is 0. The molecule has 0 fully saturated rings. The van der Waals surface area contributed by atoms with Crippen molar-refractivity contribution in [2.24, 2.45) is 0 Å². The number of halogens is 1. The first-order valence-electron chi connectivity index (χ1n) is 5.56. The van der Waals surface area contributed by atoms with Gasteiger partial charge in [0.25, 0.3) is 10.5 Å². The second-order valence-electron chi connectivity index (χ2n) is 3.41. The number of nitrogens with zero attached hydrogens (tertiary/aromatic N) is 1. The highest BCUT2D eigenvalue weighted by atomic mass is 32.3. The Balaban J connectivity index is 0.000000312. The fourth-order valence-electron chi connectivity index (χ4n) is 1.54. The number of para-hydroxylation sites is 1. The molecule has 0 bridgehead atoms. The lowest BCUT2D eigenvalue weighted by Gasteiger charge is -1.95. The van der Waals surface area contributed by atoms with E-state index in [1.54, 1.807) is 11.3 Å². The number of rotatable bonds is 3. The molecule has 0 amide bonds. The minimum Gasteiger partial charge on any atom is -0.722 e. The van der Waals surface area contributed by atoms with Crippen LogP contribution >= 0.6 is 11.3 Å². The van der Waals surface area contributed by atoms with Crippen molar-refractivity contribution in [3.05, 3.63) is 24.3 Å². The van der Waals surface area contributed by atoms with E-state index in [1.165, 1.54) is 10.2 Å². The lowest BCUT2D eigenvalue weighted by molar-refractivity contribution is -0.669. The van der Waals surface area contributed by atoms with Crippen LogP contribution in [0.25, 0.3) is 10.2 Å². The third-order valence-electron chi connectivity index (χ3n) is 2.16. The number of aromatic nitrogens is 1. The first kappa shape index (κ1) is 15.8. The van der Waals surface area contributed by atoms with Crippen LogP contribution in [0.1, 0.15) is 13.8 Å². The van der Waals surface area contributed by atoms with Crippen LogP contribution in [0.5, 0.6) is 5.19 Å². The van der Waals surface area contributed by atoms with Gasteiger partial charge in [-0.1, -0.05) is 12.1 Å². The number of hydrogen-bond acceptors (Lipinski definition) is 5. The van der Waals surface area contributed by atoms with Gasteiger partial charge in [-0.25, -0.2) is 8.42 Å². The van der Waals surface area contributed by atoms with Crippen LogP contribution in [0.2, 0.25) is 0 Å². The van der Waals surface area contributed by atoms with Gasteiger partial charge in [0, 0.05) is 6.07 Å². The maximum Gasteiger partial charge on any atom is 0.431 e. The lowest BCUT2D eigenvalue weighted by atomic mass is 10.3. The fourth-order valence-corrected chi connectivity index (χ4v) is 2.68. The standard InChI is InChI=1S/C11H14NOS.FHO3S/c1-3-12-9-7-5-6-8-10(9)14-11(12)13-4-2;1-5(2,3)4/h5-8H,3-4H2,1-2H3;(H,2,3,4)/q+1;/p-1. The third-order valence-corrected chi connectivity index (χ3v) is 3.24. The average molecular weight is 307 g/mol. The second-order valence-corrected chi connectivity index (χ2v) is 5.19. The molecule has 0 atom stereocenters. The van der Waals surface area contributed by atoms with Crippen molar-refractivity contribution in [1.82, 2.24) is 0 Å². The maximum atomic E-state index is 10.1. The highest BCUT2D eigenvalue weighted by Crippen LogP contribution is 2.25.